The summed E-state index contributed by atoms with van der Waals surface area (Å²) in [5.74, 6) is 0.348. The Morgan fingerprint density at radius 2 is 1.73 bits per heavy atom. The molecular weight excluding hydrogens is 562 g/mol. The van der Waals surface area contributed by atoms with Crippen LogP contribution in [0.15, 0.2) is 93.4 Å². The lowest BCUT2D eigenvalue weighted by Gasteiger charge is -2.21. The van der Waals surface area contributed by atoms with E-state index in [-0.39, 0.29) is 18.0 Å². The highest BCUT2D eigenvalue weighted by Crippen LogP contribution is 2.23. The van der Waals surface area contributed by atoms with Gasteiger partial charge in [0.2, 0.25) is 10.0 Å². The van der Waals surface area contributed by atoms with Gasteiger partial charge in [0.05, 0.1) is 23.3 Å². The molecule has 0 radical (unpaired) electrons. The number of aromatic nitrogens is 2. The monoisotopic (exact) mass is 589 g/mol. The molecule has 210 valence electrons. The first-order valence-corrected chi connectivity index (χ1v) is 14.6. The van der Waals surface area contributed by atoms with Gasteiger partial charge in [-0.15, -0.1) is 0 Å². The minimum absolute atomic E-state index is 0.0144. The molecule has 1 N–H and O–H groups in total. The number of carbonyl (C=O) groups excluding carboxylic acids is 1. The van der Waals surface area contributed by atoms with Crippen molar-refractivity contribution in [1.82, 2.24) is 19.1 Å². The van der Waals surface area contributed by atoms with Gasteiger partial charge in [-0.25, -0.2) is 18.8 Å². The molecule has 0 aliphatic carbocycles. The average molecular weight is 590 g/mol. The first-order chi connectivity index (χ1) is 19.6. The zero-order valence-corrected chi connectivity index (χ0v) is 24.3. The summed E-state index contributed by atoms with van der Waals surface area (Å²) in [7, 11) is -3.85. The topological polar surface area (TPSA) is 109 Å². The summed E-state index contributed by atoms with van der Waals surface area (Å²) in [4.78, 5) is 17.5. The number of benzene rings is 2. The number of fused-ring (bicyclic) bond motifs is 1. The van der Waals surface area contributed by atoms with E-state index in [0.29, 0.717) is 33.6 Å². The van der Waals surface area contributed by atoms with Crippen molar-refractivity contribution in [1.29, 1.82) is 0 Å². The molecule has 2 aromatic carbocycles. The van der Waals surface area contributed by atoms with Gasteiger partial charge in [-0.2, -0.15) is 9.41 Å². The number of hydrogen-bond acceptors (Lipinski definition) is 6. The zero-order valence-electron chi connectivity index (χ0n) is 22.7. The van der Waals surface area contributed by atoms with Crippen molar-refractivity contribution in [2.24, 2.45) is 5.10 Å². The molecule has 5 rings (SSSR count). The van der Waals surface area contributed by atoms with Gasteiger partial charge in [-0.3, -0.25) is 9.20 Å². The number of furan rings is 1. The van der Waals surface area contributed by atoms with Crippen molar-refractivity contribution < 1.29 is 17.6 Å². The maximum absolute atomic E-state index is 13.6. The van der Waals surface area contributed by atoms with Crippen LogP contribution in [0.2, 0.25) is 5.02 Å². The standard InChI is InChI=1S/C30H28ClN5O4S/c1-20-4-12-27(13-5-20)41(38,39)35(18-23-6-8-24(31)9-7-23)19-26-11-10-25(40-26)17-32-34-30(37)29-22(3)33-28-16-21(2)14-15-36(28)29/h4-17H,18-19H2,1-3H3,(H,34,37)/b32-17+. The van der Waals surface area contributed by atoms with E-state index < -0.39 is 15.9 Å². The molecule has 5 aromatic rings. The Hall–Kier alpha value is -4.25. The Morgan fingerprint density at radius 3 is 2.46 bits per heavy atom. The molecule has 11 heteroatoms. The molecule has 0 aliphatic rings. The summed E-state index contributed by atoms with van der Waals surface area (Å²) in [6.07, 6.45) is 3.16. The van der Waals surface area contributed by atoms with Crippen molar-refractivity contribution in [3.8, 4) is 0 Å². The van der Waals surface area contributed by atoms with Gasteiger partial charge < -0.3 is 4.42 Å². The summed E-state index contributed by atoms with van der Waals surface area (Å²) in [5.41, 5.74) is 6.93. The lowest BCUT2D eigenvalue weighted by atomic mass is 10.2. The van der Waals surface area contributed by atoms with Gasteiger partial charge >= 0.3 is 0 Å². The minimum atomic E-state index is -3.85. The number of hydrazone groups is 1. The summed E-state index contributed by atoms with van der Waals surface area (Å²) < 4.78 is 36.1. The third kappa shape index (κ3) is 6.40. The van der Waals surface area contributed by atoms with Crippen LogP contribution < -0.4 is 5.43 Å². The number of rotatable bonds is 9. The molecule has 3 heterocycles. The average Bonchev–Trinajstić information content (AvgIpc) is 3.52. The second-order valence-corrected chi connectivity index (χ2v) is 12.1. The number of aryl methyl sites for hydroxylation is 3. The Morgan fingerprint density at radius 1 is 1.00 bits per heavy atom. The molecule has 0 bridgehead atoms. The number of sulfonamides is 1. The number of imidazole rings is 1. The van der Waals surface area contributed by atoms with Gasteiger partial charge in [-0.05, 0) is 80.4 Å². The summed E-state index contributed by atoms with van der Waals surface area (Å²) in [6, 6.07) is 20.9. The highest BCUT2D eigenvalue weighted by Gasteiger charge is 2.26. The Balaban J connectivity index is 1.32. The van der Waals surface area contributed by atoms with Crippen LogP contribution in [0.3, 0.4) is 0 Å². The molecule has 0 saturated heterocycles. The summed E-state index contributed by atoms with van der Waals surface area (Å²) in [6.45, 7) is 5.72. The highest BCUT2D eigenvalue weighted by molar-refractivity contribution is 7.89. The van der Waals surface area contributed by atoms with Gasteiger partial charge in [0.1, 0.15) is 22.9 Å². The van der Waals surface area contributed by atoms with Crippen LogP contribution in [0, 0.1) is 20.8 Å². The molecular formula is C30H28ClN5O4S. The van der Waals surface area contributed by atoms with Crippen molar-refractivity contribution in [3.63, 3.8) is 0 Å². The number of pyridine rings is 1. The van der Waals surface area contributed by atoms with Gasteiger partial charge in [0.25, 0.3) is 5.91 Å². The Bertz CT molecular complexity index is 1840. The van der Waals surface area contributed by atoms with Crippen LogP contribution >= 0.6 is 11.6 Å². The van der Waals surface area contributed by atoms with E-state index in [4.69, 9.17) is 16.0 Å². The summed E-state index contributed by atoms with van der Waals surface area (Å²) >= 11 is 6.02. The Kier molecular flexibility index (Phi) is 8.07. The SMILES string of the molecule is Cc1ccc(S(=O)(=O)N(Cc2ccc(Cl)cc2)Cc2ccc(/C=N/NC(=O)c3c(C)nc4cc(C)ccn34)o2)cc1. The molecule has 0 atom stereocenters. The minimum Gasteiger partial charge on any atom is -0.459 e. The van der Waals surface area contributed by atoms with E-state index in [1.54, 1.807) is 78.2 Å². The van der Waals surface area contributed by atoms with E-state index in [1.165, 1.54) is 10.5 Å². The Labute approximate surface area is 243 Å². The first-order valence-electron chi connectivity index (χ1n) is 12.8. The highest BCUT2D eigenvalue weighted by atomic mass is 35.5. The lowest BCUT2D eigenvalue weighted by Crippen LogP contribution is -2.30. The van der Waals surface area contributed by atoms with Crippen molar-refractivity contribution >= 4 is 39.4 Å². The molecule has 9 nitrogen and oxygen atoms in total. The molecule has 0 aliphatic heterocycles. The predicted molar refractivity (Wildman–Crippen MR) is 157 cm³/mol. The maximum Gasteiger partial charge on any atom is 0.290 e. The number of nitrogens with zero attached hydrogens (tertiary/aromatic N) is 4. The first kappa shape index (κ1) is 28.3. The van der Waals surface area contributed by atoms with Crippen LogP contribution in [0.4, 0.5) is 0 Å². The second kappa shape index (κ2) is 11.7. The number of hydrogen-bond donors (Lipinski definition) is 1. The second-order valence-electron chi connectivity index (χ2n) is 9.69. The summed E-state index contributed by atoms with van der Waals surface area (Å²) in [5, 5.41) is 4.60. The number of amides is 1. The third-order valence-electron chi connectivity index (χ3n) is 6.47. The fourth-order valence-corrected chi connectivity index (χ4v) is 5.87. The predicted octanol–water partition coefficient (Wildman–Crippen LogP) is 5.66. The van der Waals surface area contributed by atoms with Gasteiger partial charge in [-0.1, -0.05) is 41.4 Å². The van der Waals surface area contributed by atoms with Gasteiger partial charge in [0, 0.05) is 17.8 Å². The van der Waals surface area contributed by atoms with Crippen LogP contribution in [0.25, 0.3) is 5.65 Å². The number of halogens is 1. The molecule has 0 saturated carbocycles. The van der Waals surface area contributed by atoms with E-state index >= 15 is 0 Å². The zero-order chi connectivity index (χ0) is 29.1. The molecule has 0 unspecified atom stereocenters. The normalized spacial score (nSPS) is 12.0. The van der Waals surface area contributed by atoms with Crippen molar-refractivity contribution in [3.05, 3.63) is 124 Å². The molecule has 41 heavy (non-hydrogen) atoms. The molecule has 0 fully saturated rings. The van der Waals surface area contributed by atoms with Crippen molar-refractivity contribution in [2.75, 3.05) is 0 Å². The van der Waals surface area contributed by atoms with Crippen LogP contribution in [0.5, 0.6) is 0 Å². The quantitative estimate of drug-likeness (QED) is 0.176. The fourth-order valence-electron chi connectivity index (χ4n) is 4.35. The van der Waals surface area contributed by atoms with E-state index in [0.717, 1.165) is 16.7 Å². The van der Waals surface area contributed by atoms with E-state index in [2.05, 4.69) is 15.5 Å². The van der Waals surface area contributed by atoms with E-state index in [9.17, 15) is 13.2 Å². The maximum atomic E-state index is 13.6. The van der Waals surface area contributed by atoms with Crippen LogP contribution in [-0.4, -0.2) is 34.2 Å². The third-order valence-corrected chi connectivity index (χ3v) is 8.53. The molecule has 0 spiro atoms. The number of nitrogens with one attached hydrogen (secondary N) is 1. The van der Waals surface area contributed by atoms with Crippen molar-refractivity contribution in [2.45, 2.75) is 38.8 Å². The fraction of sp³-hybridized carbons (Fsp3) is 0.167. The van der Waals surface area contributed by atoms with E-state index in [1.807, 2.05) is 26.0 Å². The number of carbonyl (C=O) groups is 1. The lowest BCUT2D eigenvalue weighted by molar-refractivity contribution is 0.0948. The molecule has 3 aromatic heterocycles. The molecule has 1 amide bonds. The van der Waals surface area contributed by atoms with Gasteiger partial charge in [0.15, 0.2) is 0 Å². The largest absolute Gasteiger partial charge is 0.459 e. The van der Waals surface area contributed by atoms with Crippen LogP contribution in [0.1, 0.15) is 44.4 Å². The smallest absolute Gasteiger partial charge is 0.290 e. The van der Waals surface area contributed by atoms with Crippen LogP contribution in [-0.2, 0) is 23.1 Å².